The van der Waals surface area contributed by atoms with Gasteiger partial charge in [-0.1, -0.05) is 0 Å². The van der Waals surface area contributed by atoms with E-state index in [-0.39, 0.29) is 31.3 Å². The number of aliphatic hydroxyl groups excluding tert-OH is 1. The summed E-state index contributed by atoms with van der Waals surface area (Å²) in [6, 6.07) is 10.4. The van der Waals surface area contributed by atoms with Crippen LogP contribution in [0.25, 0.3) is 5.69 Å². The lowest BCUT2D eigenvalue weighted by atomic mass is 9.99. The Hall–Kier alpha value is -3.97. The Morgan fingerprint density at radius 3 is 2.79 bits per heavy atom. The van der Waals surface area contributed by atoms with Crippen molar-refractivity contribution in [1.82, 2.24) is 24.9 Å². The number of ether oxygens (including phenoxy) is 2. The zero-order valence-corrected chi connectivity index (χ0v) is 18.2. The molecule has 1 aliphatic heterocycles. The van der Waals surface area contributed by atoms with Gasteiger partial charge in [-0.05, 0) is 38.0 Å². The fraction of sp³-hybridized carbons (Fsp3) is 0.348. The number of rotatable bonds is 7. The van der Waals surface area contributed by atoms with Crippen molar-refractivity contribution >= 4 is 5.91 Å². The Morgan fingerprint density at radius 2 is 2.03 bits per heavy atom. The van der Waals surface area contributed by atoms with Gasteiger partial charge >= 0.3 is 0 Å². The number of aromatic nitrogens is 4. The molecule has 1 amide bonds. The van der Waals surface area contributed by atoms with Gasteiger partial charge in [-0.15, -0.1) is 0 Å². The number of carbonyl (C=O) groups excluding carboxylic acids is 1. The highest BCUT2D eigenvalue weighted by molar-refractivity contribution is 5.98. The normalized spacial score (nSPS) is 17.9. The molecule has 1 fully saturated rings. The van der Waals surface area contributed by atoms with Gasteiger partial charge in [-0.3, -0.25) is 4.79 Å². The third kappa shape index (κ3) is 5.10. The van der Waals surface area contributed by atoms with Crippen molar-refractivity contribution in [3.05, 3.63) is 60.0 Å². The molecular formula is C23H24N6O4. The molecule has 3 heterocycles. The Morgan fingerprint density at radius 1 is 1.21 bits per heavy atom. The number of pyridine rings is 1. The highest BCUT2D eigenvalue weighted by Gasteiger charge is 2.32. The summed E-state index contributed by atoms with van der Waals surface area (Å²) in [7, 11) is 0. The molecule has 2 aromatic heterocycles. The van der Waals surface area contributed by atoms with Gasteiger partial charge in [0.15, 0.2) is 0 Å². The van der Waals surface area contributed by atoms with E-state index in [0.29, 0.717) is 35.0 Å². The van der Waals surface area contributed by atoms with E-state index in [0.717, 1.165) is 12.8 Å². The zero-order chi connectivity index (χ0) is 23.2. The highest BCUT2D eigenvalue weighted by Crippen LogP contribution is 2.27. The molecule has 1 N–H and O–H groups in total. The van der Waals surface area contributed by atoms with E-state index >= 15 is 0 Å². The number of hydrogen-bond donors (Lipinski definition) is 1. The molecule has 170 valence electrons. The summed E-state index contributed by atoms with van der Waals surface area (Å²) in [5.41, 5.74) is 1.38. The molecule has 1 aromatic carbocycles. The molecule has 33 heavy (non-hydrogen) atoms. The fourth-order valence-electron chi connectivity index (χ4n) is 3.77. The molecule has 3 aromatic rings. The predicted molar refractivity (Wildman–Crippen MR) is 117 cm³/mol. The lowest BCUT2D eigenvalue weighted by Crippen LogP contribution is -2.49. The summed E-state index contributed by atoms with van der Waals surface area (Å²) in [4.78, 5) is 20.9. The maximum Gasteiger partial charge on any atom is 0.256 e. The summed E-state index contributed by atoms with van der Waals surface area (Å²) in [5.74, 6) is 0.701. The summed E-state index contributed by atoms with van der Waals surface area (Å²) in [6.45, 7) is 2.41. The Kier molecular flexibility index (Phi) is 6.80. The molecule has 2 atom stereocenters. The third-order valence-electron chi connectivity index (χ3n) is 5.44. The van der Waals surface area contributed by atoms with E-state index in [1.165, 1.54) is 23.4 Å². The largest absolute Gasteiger partial charge is 0.491 e. The van der Waals surface area contributed by atoms with Crippen molar-refractivity contribution in [1.29, 1.82) is 5.26 Å². The number of piperidine rings is 1. The van der Waals surface area contributed by atoms with Crippen molar-refractivity contribution in [3.63, 3.8) is 0 Å². The van der Waals surface area contributed by atoms with E-state index in [1.807, 2.05) is 6.92 Å². The second-order valence-corrected chi connectivity index (χ2v) is 7.69. The minimum Gasteiger partial charge on any atom is -0.491 e. The number of nitriles is 1. The van der Waals surface area contributed by atoms with Gasteiger partial charge in [0.25, 0.3) is 5.91 Å². The van der Waals surface area contributed by atoms with Crippen LogP contribution < -0.4 is 9.47 Å². The summed E-state index contributed by atoms with van der Waals surface area (Å²) < 4.78 is 11.5. The summed E-state index contributed by atoms with van der Waals surface area (Å²) in [5, 5.41) is 26.5. The SMILES string of the molecule is C[C@@H]1CC[C@@H](Oc2cc(C#N)ccn2)CN1C(=O)c1ccc(OCCO)cc1-n1nccn1. The van der Waals surface area contributed by atoms with Crippen molar-refractivity contribution in [2.24, 2.45) is 0 Å². The minimum absolute atomic E-state index is 0.0134. The van der Waals surface area contributed by atoms with Crippen molar-refractivity contribution in [3.8, 4) is 23.4 Å². The predicted octanol–water partition coefficient (Wildman–Crippen LogP) is 1.98. The van der Waals surface area contributed by atoms with Gasteiger partial charge in [0.05, 0.1) is 42.7 Å². The molecule has 0 saturated carbocycles. The number of carbonyl (C=O) groups is 1. The number of hydrogen-bond acceptors (Lipinski definition) is 8. The van der Waals surface area contributed by atoms with Crippen LogP contribution in [0, 0.1) is 11.3 Å². The van der Waals surface area contributed by atoms with E-state index in [1.54, 1.807) is 35.2 Å². The Bertz CT molecular complexity index is 1140. The molecule has 10 heteroatoms. The second kappa shape index (κ2) is 10.1. The van der Waals surface area contributed by atoms with Gasteiger partial charge in [-0.2, -0.15) is 20.3 Å². The first-order valence-electron chi connectivity index (χ1n) is 10.7. The van der Waals surface area contributed by atoms with Crippen molar-refractivity contribution < 1.29 is 19.4 Å². The lowest BCUT2D eigenvalue weighted by Gasteiger charge is -2.38. The molecule has 0 radical (unpaired) electrons. The standard InChI is InChI=1S/C23H24N6O4/c1-16-2-3-19(33-22-12-17(14-24)6-7-25-22)15-28(16)23(31)20-5-4-18(32-11-10-30)13-21(20)29-26-8-9-27-29/h4-9,12-13,16,19,30H,2-3,10-11,15H2,1H3/t16-,19-/m1/s1. The molecule has 10 nitrogen and oxygen atoms in total. The number of nitrogens with zero attached hydrogens (tertiary/aromatic N) is 6. The van der Waals surface area contributed by atoms with Crippen LogP contribution in [0.15, 0.2) is 48.9 Å². The van der Waals surface area contributed by atoms with Gasteiger partial charge in [0.1, 0.15) is 24.1 Å². The van der Waals surface area contributed by atoms with Gasteiger partial charge in [0.2, 0.25) is 5.88 Å². The van der Waals surface area contributed by atoms with Crippen LogP contribution in [0.5, 0.6) is 11.6 Å². The van der Waals surface area contributed by atoms with Crippen LogP contribution >= 0.6 is 0 Å². The molecule has 0 unspecified atom stereocenters. The van der Waals surface area contributed by atoms with Crippen LogP contribution in [0.3, 0.4) is 0 Å². The van der Waals surface area contributed by atoms with Crippen molar-refractivity contribution in [2.45, 2.75) is 31.9 Å². The number of aliphatic hydroxyl groups is 1. The quantitative estimate of drug-likeness (QED) is 0.581. The van der Waals surface area contributed by atoms with Crippen molar-refractivity contribution in [2.75, 3.05) is 19.8 Å². The number of benzene rings is 1. The Labute approximate surface area is 191 Å². The average molecular weight is 448 g/mol. The fourth-order valence-corrected chi connectivity index (χ4v) is 3.77. The lowest BCUT2D eigenvalue weighted by molar-refractivity contribution is 0.0372. The monoisotopic (exact) mass is 448 g/mol. The molecule has 0 bridgehead atoms. The van der Waals surface area contributed by atoms with E-state index in [2.05, 4.69) is 21.3 Å². The Balaban J connectivity index is 1.57. The highest BCUT2D eigenvalue weighted by atomic mass is 16.5. The first-order valence-corrected chi connectivity index (χ1v) is 10.7. The average Bonchev–Trinajstić information content (AvgIpc) is 3.38. The first-order chi connectivity index (χ1) is 16.1. The van der Waals surface area contributed by atoms with Crippen LogP contribution in [-0.2, 0) is 0 Å². The first kappa shape index (κ1) is 22.2. The number of likely N-dealkylation sites (tertiary alicyclic amines) is 1. The van der Waals surface area contributed by atoms with Gasteiger partial charge < -0.3 is 19.5 Å². The van der Waals surface area contributed by atoms with E-state index in [9.17, 15) is 4.79 Å². The molecule has 1 aliphatic rings. The topological polar surface area (TPSA) is 126 Å². The molecule has 1 saturated heterocycles. The molecule has 0 aliphatic carbocycles. The summed E-state index contributed by atoms with van der Waals surface area (Å²) >= 11 is 0. The van der Waals surface area contributed by atoms with E-state index in [4.69, 9.17) is 19.8 Å². The molecule has 0 spiro atoms. The summed E-state index contributed by atoms with van der Waals surface area (Å²) in [6.07, 6.45) is 5.89. The number of amides is 1. The van der Waals surface area contributed by atoms with Crippen LogP contribution in [0.4, 0.5) is 0 Å². The van der Waals surface area contributed by atoms with E-state index < -0.39 is 0 Å². The van der Waals surface area contributed by atoms with Crippen LogP contribution in [0.1, 0.15) is 35.7 Å². The third-order valence-corrected chi connectivity index (χ3v) is 5.44. The molecular weight excluding hydrogens is 424 g/mol. The van der Waals surface area contributed by atoms with Gasteiger partial charge in [-0.25, -0.2) is 4.98 Å². The maximum absolute atomic E-state index is 13.6. The van der Waals surface area contributed by atoms with Crippen LogP contribution in [0.2, 0.25) is 0 Å². The smallest absolute Gasteiger partial charge is 0.256 e. The minimum atomic E-state index is -0.245. The molecule has 4 rings (SSSR count). The van der Waals surface area contributed by atoms with Crippen LogP contribution in [-0.4, -0.2) is 67.8 Å². The van der Waals surface area contributed by atoms with Gasteiger partial charge in [0, 0.05) is 24.4 Å². The second-order valence-electron chi connectivity index (χ2n) is 7.69. The zero-order valence-electron chi connectivity index (χ0n) is 18.2. The maximum atomic E-state index is 13.6.